The van der Waals surface area contributed by atoms with E-state index >= 15 is 0 Å². The Morgan fingerprint density at radius 3 is 2.80 bits per heavy atom. The van der Waals surface area contributed by atoms with Crippen molar-refractivity contribution >= 4 is 28.9 Å². The molecule has 1 aliphatic rings. The van der Waals surface area contributed by atoms with Crippen LogP contribution in [0.4, 0.5) is 5.69 Å². The topological polar surface area (TPSA) is 68.4 Å². The van der Waals surface area contributed by atoms with Crippen LogP contribution in [-0.2, 0) is 9.47 Å². The summed E-state index contributed by atoms with van der Waals surface area (Å²) in [5.41, 5.74) is 0.891. The Hall–Kier alpha value is -2.38. The molecule has 1 aliphatic heterocycles. The summed E-state index contributed by atoms with van der Waals surface area (Å²) in [7, 11) is 1.67. The number of epoxide rings is 1. The molecule has 0 saturated carbocycles. The summed E-state index contributed by atoms with van der Waals surface area (Å²) in [5, 5.41) is 1.85. The first-order valence-corrected chi connectivity index (χ1v) is 8.85. The van der Waals surface area contributed by atoms with Gasteiger partial charge in [0, 0.05) is 12.7 Å². The molecule has 2 aromatic rings. The van der Waals surface area contributed by atoms with E-state index in [4.69, 9.17) is 14.2 Å². The third-order valence-electron chi connectivity index (χ3n) is 3.71. The zero-order chi connectivity index (χ0) is 17.8. The van der Waals surface area contributed by atoms with Crippen LogP contribution in [0.1, 0.15) is 27.0 Å². The van der Waals surface area contributed by atoms with Crippen LogP contribution in [-0.4, -0.2) is 44.8 Å². The summed E-state index contributed by atoms with van der Waals surface area (Å²) in [4.78, 5) is 26.9. The van der Waals surface area contributed by atoms with E-state index in [1.54, 1.807) is 38.2 Å². The molecule has 2 heterocycles. The van der Waals surface area contributed by atoms with Gasteiger partial charge < -0.3 is 19.1 Å². The fourth-order valence-electron chi connectivity index (χ4n) is 2.25. The second-order valence-corrected chi connectivity index (χ2v) is 6.46. The highest BCUT2D eigenvalue weighted by Crippen LogP contribution is 2.28. The molecular weight excluding hydrogens is 342 g/mol. The number of amides is 1. The quantitative estimate of drug-likeness (QED) is 0.560. The van der Waals surface area contributed by atoms with Crippen molar-refractivity contribution in [2.75, 3.05) is 31.8 Å². The number of carbonyl (C=O) groups is 2. The van der Waals surface area contributed by atoms with Crippen molar-refractivity contribution in [2.45, 2.75) is 13.0 Å². The number of nitrogens with zero attached hydrogens (tertiary/aromatic N) is 1. The molecule has 1 aromatic heterocycles. The zero-order valence-corrected chi connectivity index (χ0v) is 14.9. The number of hydrogen-bond acceptors (Lipinski definition) is 6. The minimum absolute atomic E-state index is 0.0813. The van der Waals surface area contributed by atoms with Crippen LogP contribution in [0, 0.1) is 0 Å². The molecule has 7 heteroatoms. The predicted molar refractivity (Wildman–Crippen MR) is 94.7 cm³/mol. The molecule has 0 N–H and O–H groups in total. The van der Waals surface area contributed by atoms with Gasteiger partial charge in [0.25, 0.3) is 5.91 Å². The lowest BCUT2D eigenvalue weighted by molar-refractivity contribution is 0.0521. The Morgan fingerprint density at radius 2 is 2.16 bits per heavy atom. The molecule has 25 heavy (non-hydrogen) atoms. The van der Waals surface area contributed by atoms with E-state index in [0.29, 0.717) is 35.1 Å². The van der Waals surface area contributed by atoms with E-state index in [-0.39, 0.29) is 18.6 Å². The van der Waals surface area contributed by atoms with Crippen molar-refractivity contribution < 1.29 is 23.8 Å². The highest BCUT2D eigenvalue weighted by atomic mass is 32.1. The fraction of sp³-hybridized carbons (Fsp3) is 0.333. The zero-order valence-electron chi connectivity index (χ0n) is 14.1. The van der Waals surface area contributed by atoms with Gasteiger partial charge in [0.1, 0.15) is 24.0 Å². The van der Waals surface area contributed by atoms with Crippen molar-refractivity contribution in [1.82, 2.24) is 0 Å². The van der Waals surface area contributed by atoms with E-state index in [1.165, 1.54) is 16.2 Å². The number of thiophene rings is 1. The number of esters is 1. The average Bonchev–Trinajstić information content (AvgIpc) is 3.29. The van der Waals surface area contributed by atoms with Gasteiger partial charge in [0.2, 0.25) is 0 Å². The summed E-state index contributed by atoms with van der Waals surface area (Å²) in [6.07, 6.45) is 0.0813. The van der Waals surface area contributed by atoms with Crippen LogP contribution in [0.25, 0.3) is 0 Å². The average molecular weight is 361 g/mol. The highest BCUT2D eigenvalue weighted by molar-refractivity contribution is 7.12. The maximum absolute atomic E-state index is 12.5. The summed E-state index contributed by atoms with van der Waals surface area (Å²) >= 11 is 1.37. The smallest absolute Gasteiger partial charge is 0.341 e. The van der Waals surface area contributed by atoms with Crippen LogP contribution < -0.4 is 9.64 Å². The molecule has 0 bridgehead atoms. The van der Waals surface area contributed by atoms with Gasteiger partial charge in [-0.05, 0) is 36.6 Å². The largest absolute Gasteiger partial charge is 0.490 e. The Labute approximate surface area is 149 Å². The molecule has 0 aliphatic carbocycles. The molecular formula is C18H19NO5S. The van der Waals surface area contributed by atoms with Crippen molar-refractivity contribution in [2.24, 2.45) is 0 Å². The first kappa shape index (κ1) is 17.4. The summed E-state index contributed by atoms with van der Waals surface area (Å²) in [6, 6.07) is 8.64. The molecule has 1 fully saturated rings. The third-order valence-corrected chi connectivity index (χ3v) is 4.57. The Morgan fingerprint density at radius 1 is 1.36 bits per heavy atom. The van der Waals surface area contributed by atoms with Crippen molar-refractivity contribution in [3.8, 4) is 5.75 Å². The first-order chi connectivity index (χ1) is 12.1. The van der Waals surface area contributed by atoms with Crippen LogP contribution in [0.2, 0.25) is 0 Å². The monoisotopic (exact) mass is 361 g/mol. The molecule has 1 aromatic carbocycles. The van der Waals surface area contributed by atoms with E-state index < -0.39 is 5.97 Å². The lowest BCUT2D eigenvalue weighted by Gasteiger charge is -2.19. The number of rotatable bonds is 7. The second kappa shape index (κ2) is 7.67. The van der Waals surface area contributed by atoms with E-state index in [2.05, 4.69) is 0 Å². The standard InChI is InChI=1S/C18H19NO5S/c1-3-22-18(21)14-9-12(6-7-15(14)24-11-13-10-23-13)19(2)17(20)16-5-4-8-25-16/h4-9,13H,3,10-11H2,1-2H3. The summed E-state index contributed by atoms with van der Waals surface area (Å²) in [6.45, 7) is 3.06. The number of hydrogen-bond donors (Lipinski definition) is 0. The molecule has 3 rings (SSSR count). The van der Waals surface area contributed by atoms with Crippen LogP contribution in [0.5, 0.6) is 5.75 Å². The number of anilines is 1. The fourth-order valence-corrected chi connectivity index (χ4v) is 2.95. The third kappa shape index (κ3) is 4.18. The SMILES string of the molecule is CCOC(=O)c1cc(N(C)C(=O)c2cccs2)ccc1OCC1CO1. The molecule has 1 saturated heterocycles. The lowest BCUT2D eigenvalue weighted by atomic mass is 10.1. The van der Waals surface area contributed by atoms with E-state index in [1.807, 2.05) is 11.4 Å². The van der Waals surface area contributed by atoms with Crippen molar-refractivity contribution in [3.05, 3.63) is 46.2 Å². The summed E-state index contributed by atoms with van der Waals surface area (Å²) in [5.74, 6) is -0.187. The van der Waals surface area contributed by atoms with Gasteiger partial charge in [-0.15, -0.1) is 11.3 Å². The van der Waals surface area contributed by atoms with Crippen LogP contribution in [0.3, 0.4) is 0 Å². The lowest BCUT2D eigenvalue weighted by Crippen LogP contribution is -2.25. The molecule has 0 radical (unpaired) electrons. The number of benzene rings is 1. The van der Waals surface area contributed by atoms with Crippen LogP contribution >= 0.6 is 11.3 Å². The number of carbonyl (C=O) groups excluding carboxylic acids is 2. The van der Waals surface area contributed by atoms with Gasteiger partial charge in [-0.25, -0.2) is 4.79 Å². The van der Waals surface area contributed by atoms with Gasteiger partial charge >= 0.3 is 5.97 Å². The van der Waals surface area contributed by atoms with Gasteiger partial charge in [-0.3, -0.25) is 4.79 Å². The summed E-state index contributed by atoms with van der Waals surface area (Å²) < 4.78 is 15.9. The van der Waals surface area contributed by atoms with Gasteiger partial charge in [-0.1, -0.05) is 6.07 Å². The molecule has 0 spiro atoms. The second-order valence-electron chi connectivity index (χ2n) is 5.51. The molecule has 132 valence electrons. The molecule has 1 atom stereocenters. The minimum atomic E-state index is -0.479. The van der Waals surface area contributed by atoms with Crippen molar-refractivity contribution in [1.29, 1.82) is 0 Å². The molecule has 1 amide bonds. The first-order valence-electron chi connectivity index (χ1n) is 7.97. The van der Waals surface area contributed by atoms with E-state index in [9.17, 15) is 9.59 Å². The molecule has 1 unspecified atom stereocenters. The van der Waals surface area contributed by atoms with Gasteiger partial charge in [-0.2, -0.15) is 0 Å². The maximum Gasteiger partial charge on any atom is 0.341 e. The predicted octanol–water partition coefficient (Wildman–Crippen LogP) is 2.98. The van der Waals surface area contributed by atoms with Crippen LogP contribution in [0.15, 0.2) is 35.7 Å². The van der Waals surface area contributed by atoms with E-state index in [0.717, 1.165) is 0 Å². The minimum Gasteiger partial charge on any atom is -0.490 e. The maximum atomic E-state index is 12.5. The Bertz CT molecular complexity index is 755. The van der Waals surface area contributed by atoms with Gasteiger partial charge in [0.15, 0.2) is 0 Å². The normalized spacial score (nSPS) is 15.5. The number of ether oxygens (including phenoxy) is 3. The Kier molecular flexibility index (Phi) is 5.35. The Balaban J connectivity index is 1.85. The van der Waals surface area contributed by atoms with Gasteiger partial charge in [0.05, 0.1) is 18.1 Å². The van der Waals surface area contributed by atoms with Crippen molar-refractivity contribution in [3.63, 3.8) is 0 Å². The highest BCUT2D eigenvalue weighted by Gasteiger charge is 2.25. The molecule has 6 nitrogen and oxygen atoms in total.